The lowest BCUT2D eigenvalue weighted by molar-refractivity contribution is -0.136. The summed E-state index contributed by atoms with van der Waals surface area (Å²) in [5, 5.41) is 9.80. The molecule has 1 atom stereocenters. The third-order valence-corrected chi connectivity index (χ3v) is 5.83. The molecule has 0 fully saturated rings. The molecule has 8 nitrogen and oxygen atoms in total. The van der Waals surface area contributed by atoms with Gasteiger partial charge in [0.2, 0.25) is 5.88 Å². The summed E-state index contributed by atoms with van der Waals surface area (Å²) in [4.78, 5) is 12.3. The highest BCUT2D eigenvalue weighted by molar-refractivity contribution is 9.10. The van der Waals surface area contributed by atoms with Crippen LogP contribution >= 0.6 is 15.9 Å². The number of rotatable bonds is 7. The lowest BCUT2D eigenvalue weighted by Crippen LogP contribution is -2.22. The number of allylic oxidation sites excluding steroid dienone is 1. The number of hydrogen-bond donors (Lipinski definition) is 1. The zero-order valence-corrected chi connectivity index (χ0v) is 20.5. The maximum atomic E-state index is 12.3. The van der Waals surface area contributed by atoms with Crippen LogP contribution in [-0.2, 0) is 4.79 Å². The standard InChI is InChI=1S/C26H21BrN2O6/c1-31-16-4-6-17(7-5-16)33-14-24(30)34-18-8-9-19-23(12-18)35-26(29)21(13-28)25(19)20-11-15(27)3-10-22(20)32-2/h3-12,25H,14,29H2,1-2H3. The van der Waals surface area contributed by atoms with Crippen LogP contribution in [0.25, 0.3) is 0 Å². The Balaban J connectivity index is 1.56. The third kappa shape index (κ3) is 5.18. The molecule has 0 amide bonds. The largest absolute Gasteiger partial charge is 0.497 e. The van der Waals surface area contributed by atoms with E-state index in [1.807, 2.05) is 12.1 Å². The first-order chi connectivity index (χ1) is 16.9. The van der Waals surface area contributed by atoms with E-state index in [0.29, 0.717) is 28.6 Å². The second kappa shape index (κ2) is 10.4. The average molecular weight is 537 g/mol. The summed E-state index contributed by atoms with van der Waals surface area (Å²) in [7, 11) is 3.13. The zero-order chi connectivity index (χ0) is 24.9. The lowest BCUT2D eigenvalue weighted by atomic mass is 9.83. The van der Waals surface area contributed by atoms with Crippen LogP contribution in [0.1, 0.15) is 17.0 Å². The van der Waals surface area contributed by atoms with E-state index < -0.39 is 11.9 Å². The number of benzene rings is 3. The summed E-state index contributed by atoms with van der Waals surface area (Å²) in [6.07, 6.45) is 0. The molecule has 0 spiro atoms. The number of esters is 1. The predicted octanol–water partition coefficient (Wildman–Crippen LogP) is 4.67. The summed E-state index contributed by atoms with van der Waals surface area (Å²) in [6, 6.07) is 19.4. The highest BCUT2D eigenvalue weighted by Gasteiger charge is 2.33. The van der Waals surface area contributed by atoms with Crippen molar-refractivity contribution in [1.82, 2.24) is 0 Å². The van der Waals surface area contributed by atoms with Crippen LogP contribution < -0.4 is 29.4 Å². The molecule has 3 aromatic rings. The van der Waals surface area contributed by atoms with Gasteiger partial charge in [-0.25, -0.2) is 4.79 Å². The first-order valence-electron chi connectivity index (χ1n) is 10.5. The molecule has 4 rings (SSSR count). The number of nitrogens with two attached hydrogens (primary N) is 1. The van der Waals surface area contributed by atoms with Crippen LogP contribution in [0.2, 0.25) is 0 Å². The van der Waals surface area contributed by atoms with Crippen molar-refractivity contribution >= 4 is 21.9 Å². The van der Waals surface area contributed by atoms with Crippen LogP contribution in [0.3, 0.4) is 0 Å². The quantitative estimate of drug-likeness (QED) is 0.342. The molecule has 3 aromatic carbocycles. The van der Waals surface area contributed by atoms with E-state index in [1.165, 1.54) is 0 Å². The zero-order valence-electron chi connectivity index (χ0n) is 18.9. The van der Waals surface area contributed by atoms with Crippen LogP contribution in [0, 0.1) is 11.3 Å². The van der Waals surface area contributed by atoms with Crippen LogP contribution in [0.5, 0.6) is 28.7 Å². The fourth-order valence-corrected chi connectivity index (χ4v) is 4.10. The molecule has 0 aromatic heterocycles. The van der Waals surface area contributed by atoms with Crippen molar-refractivity contribution in [1.29, 1.82) is 5.26 Å². The van der Waals surface area contributed by atoms with Crippen molar-refractivity contribution in [3.63, 3.8) is 0 Å². The number of ether oxygens (including phenoxy) is 5. The van der Waals surface area contributed by atoms with Gasteiger partial charge in [0, 0.05) is 21.7 Å². The predicted molar refractivity (Wildman–Crippen MR) is 131 cm³/mol. The second-order valence-corrected chi connectivity index (χ2v) is 8.36. The van der Waals surface area contributed by atoms with Gasteiger partial charge in [-0.3, -0.25) is 0 Å². The number of carbonyl (C=O) groups excluding carboxylic acids is 1. The summed E-state index contributed by atoms with van der Waals surface area (Å²) < 4.78 is 28.0. The maximum Gasteiger partial charge on any atom is 0.349 e. The molecule has 35 heavy (non-hydrogen) atoms. The molecular weight excluding hydrogens is 516 g/mol. The Morgan fingerprint density at radius 2 is 1.71 bits per heavy atom. The van der Waals surface area contributed by atoms with E-state index in [4.69, 9.17) is 29.4 Å². The maximum absolute atomic E-state index is 12.3. The lowest BCUT2D eigenvalue weighted by Gasteiger charge is -2.27. The Kier molecular flexibility index (Phi) is 7.13. The molecule has 9 heteroatoms. The SMILES string of the molecule is COc1ccc(OCC(=O)Oc2ccc3c(c2)OC(N)=C(C#N)C3c2cc(Br)ccc2OC)cc1. The van der Waals surface area contributed by atoms with E-state index in [9.17, 15) is 10.1 Å². The number of hydrogen-bond acceptors (Lipinski definition) is 8. The Morgan fingerprint density at radius 1 is 1.00 bits per heavy atom. The minimum absolute atomic E-state index is 0.0293. The Labute approximate surface area is 210 Å². The van der Waals surface area contributed by atoms with Gasteiger partial charge in [0.05, 0.1) is 20.1 Å². The van der Waals surface area contributed by atoms with Crippen molar-refractivity contribution in [2.45, 2.75) is 5.92 Å². The molecule has 1 heterocycles. The van der Waals surface area contributed by atoms with Gasteiger partial charge in [-0.15, -0.1) is 0 Å². The van der Waals surface area contributed by atoms with E-state index in [1.54, 1.807) is 62.8 Å². The highest BCUT2D eigenvalue weighted by atomic mass is 79.9. The van der Waals surface area contributed by atoms with Crippen molar-refractivity contribution < 1.29 is 28.5 Å². The van der Waals surface area contributed by atoms with Crippen LogP contribution in [-0.4, -0.2) is 26.8 Å². The minimum atomic E-state index is -0.594. The molecule has 1 aliphatic rings. The number of fused-ring (bicyclic) bond motifs is 1. The van der Waals surface area contributed by atoms with Crippen molar-refractivity contribution in [2.75, 3.05) is 20.8 Å². The minimum Gasteiger partial charge on any atom is -0.497 e. The topological polar surface area (TPSA) is 113 Å². The Morgan fingerprint density at radius 3 is 2.40 bits per heavy atom. The smallest absolute Gasteiger partial charge is 0.349 e. The monoisotopic (exact) mass is 536 g/mol. The molecule has 0 saturated carbocycles. The molecule has 0 aliphatic carbocycles. The number of carbonyl (C=O) groups is 1. The van der Waals surface area contributed by atoms with Gasteiger partial charge >= 0.3 is 5.97 Å². The summed E-state index contributed by atoms with van der Waals surface area (Å²) in [5.41, 5.74) is 7.77. The first kappa shape index (κ1) is 24.0. The van der Waals surface area contributed by atoms with Gasteiger partial charge in [0.1, 0.15) is 40.4 Å². The van der Waals surface area contributed by atoms with Gasteiger partial charge in [-0.1, -0.05) is 22.0 Å². The van der Waals surface area contributed by atoms with E-state index in [2.05, 4.69) is 22.0 Å². The first-order valence-corrected chi connectivity index (χ1v) is 11.2. The van der Waals surface area contributed by atoms with Crippen molar-refractivity contribution in [3.05, 3.63) is 87.7 Å². The normalized spacial score (nSPS) is 14.3. The van der Waals surface area contributed by atoms with Gasteiger partial charge in [-0.2, -0.15) is 5.26 Å². The molecule has 1 unspecified atom stereocenters. The molecule has 0 saturated heterocycles. The molecule has 178 valence electrons. The van der Waals surface area contributed by atoms with Gasteiger partial charge in [0.15, 0.2) is 6.61 Å². The fourth-order valence-electron chi connectivity index (χ4n) is 3.72. The average Bonchev–Trinajstić information content (AvgIpc) is 2.86. The third-order valence-electron chi connectivity index (χ3n) is 5.34. The number of nitrogens with zero attached hydrogens (tertiary/aromatic N) is 1. The molecule has 1 aliphatic heterocycles. The van der Waals surface area contributed by atoms with Crippen molar-refractivity contribution in [2.24, 2.45) is 5.73 Å². The van der Waals surface area contributed by atoms with E-state index >= 15 is 0 Å². The number of nitriles is 1. The molecule has 0 radical (unpaired) electrons. The van der Waals surface area contributed by atoms with Crippen LogP contribution in [0.15, 0.2) is 76.6 Å². The van der Waals surface area contributed by atoms with E-state index in [0.717, 1.165) is 10.0 Å². The molecule has 0 bridgehead atoms. The number of halogens is 1. The fraction of sp³-hybridized carbons (Fsp3) is 0.154. The summed E-state index contributed by atoms with van der Waals surface area (Å²) >= 11 is 3.47. The van der Waals surface area contributed by atoms with Gasteiger partial charge in [-0.05, 0) is 48.5 Å². The highest BCUT2D eigenvalue weighted by Crippen LogP contribution is 2.46. The van der Waals surface area contributed by atoms with Crippen molar-refractivity contribution in [3.8, 4) is 34.8 Å². The second-order valence-electron chi connectivity index (χ2n) is 7.45. The Hall–Kier alpha value is -4.16. The van der Waals surface area contributed by atoms with Gasteiger partial charge < -0.3 is 29.4 Å². The van der Waals surface area contributed by atoms with E-state index in [-0.39, 0.29) is 23.8 Å². The number of methoxy groups -OCH3 is 2. The summed E-state index contributed by atoms with van der Waals surface area (Å²) in [6.45, 7) is -0.289. The van der Waals surface area contributed by atoms with Gasteiger partial charge in [0.25, 0.3) is 0 Å². The summed E-state index contributed by atoms with van der Waals surface area (Å²) in [5.74, 6) is 1.25. The molecule has 2 N–H and O–H groups in total. The Bertz CT molecular complexity index is 1330. The molecular formula is C26H21BrN2O6. The van der Waals surface area contributed by atoms with Crippen LogP contribution in [0.4, 0.5) is 0 Å².